The van der Waals surface area contributed by atoms with Gasteiger partial charge in [0, 0.05) is 7.11 Å². The zero-order valence-electron chi connectivity index (χ0n) is 10.8. The molecule has 106 valence electrons. The lowest BCUT2D eigenvalue weighted by Crippen LogP contribution is -2.06. The van der Waals surface area contributed by atoms with E-state index in [1.165, 1.54) is 13.2 Å². The summed E-state index contributed by atoms with van der Waals surface area (Å²) in [5.41, 5.74) is 0.559. The molecule has 8 heteroatoms. The minimum Gasteiger partial charge on any atom is -0.478 e. The molecule has 1 aromatic rings. The van der Waals surface area contributed by atoms with Gasteiger partial charge in [0.1, 0.15) is 11.3 Å². The van der Waals surface area contributed by atoms with E-state index < -0.39 is 12.8 Å². The van der Waals surface area contributed by atoms with Crippen LogP contribution in [0.3, 0.4) is 0 Å². The molecular formula is C11H16NO5PS. The number of hydrogen-bond donors (Lipinski definition) is 2. The van der Waals surface area contributed by atoms with Crippen molar-refractivity contribution in [2.45, 2.75) is 19.8 Å². The zero-order chi connectivity index (χ0) is 14.6. The Labute approximate surface area is 115 Å². The SMILES string of the molecule is COP(=O)(Oc1c(C(=O)O)cccc1C(C)C)SN. The second-order valence-corrected chi connectivity index (χ2v) is 7.64. The summed E-state index contributed by atoms with van der Waals surface area (Å²) in [5.74, 6) is -1.13. The van der Waals surface area contributed by atoms with Crippen molar-refractivity contribution in [2.24, 2.45) is 5.14 Å². The molecule has 0 saturated carbocycles. The Hall–Kier alpha value is -1.01. The molecule has 0 bridgehead atoms. The molecule has 0 aliphatic rings. The van der Waals surface area contributed by atoms with Gasteiger partial charge >= 0.3 is 12.8 Å². The molecular weight excluding hydrogens is 289 g/mol. The van der Waals surface area contributed by atoms with Crippen LogP contribution in [-0.2, 0) is 9.09 Å². The number of aromatic carboxylic acids is 1. The predicted octanol–water partition coefficient (Wildman–Crippen LogP) is 3.25. The standard InChI is InChI=1S/C11H16NO5PS/c1-7(2)8-5-4-6-9(11(13)14)10(8)17-18(15,16-3)19-12/h4-7H,12H2,1-3H3,(H,13,14). The van der Waals surface area contributed by atoms with Crippen LogP contribution in [0.15, 0.2) is 18.2 Å². The highest BCUT2D eigenvalue weighted by atomic mass is 32.7. The molecule has 0 aliphatic heterocycles. The third-order valence-corrected chi connectivity index (χ3v) is 5.01. The Morgan fingerprint density at radius 1 is 1.47 bits per heavy atom. The minimum atomic E-state index is -3.61. The smallest absolute Gasteiger partial charge is 0.454 e. The number of carbonyl (C=O) groups is 1. The van der Waals surface area contributed by atoms with Crippen LogP contribution in [0.2, 0.25) is 0 Å². The number of carboxylic acids is 1. The highest BCUT2D eigenvalue weighted by Crippen LogP contribution is 2.57. The number of rotatable bonds is 6. The fourth-order valence-electron chi connectivity index (χ4n) is 1.49. The highest BCUT2D eigenvalue weighted by Gasteiger charge is 2.29. The van der Waals surface area contributed by atoms with Crippen LogP contribution in [0, 0.1) is 0 Å². The second kappa shape index (κ2) is 6.43. The van der Waals surface area contributed by atoms with Gasteiger partial charge in [0.2, 0.25) is 0 Å². The van der Waals surface area contributed by atoms with Gasteiger partial charge in [0.25, 0.3) is 0 Å². The van der Waals surface area contributed by atoms with Crippen molar-refractivity contribution in [3.05, 3.63) is 29.3 Å². The molecule has 0 spiro atoms. The maximum Gasteiger partial charge on any atom is 0.454 e. The molecule has 1 rings (SSSR count). The number of nitrogens with two attached hydrogens (primary N) is 1. The first-order chi connectivity index (χ1) is 8.84. The van der Waals surface area contributed by atoms with Gasteiger partial charge in [0.15, 0.2) is 0 Å². The van der Waals surface area contributed by atoms with Gasteiger partial charge in [-0.15, -0.1) is 0 Å². The summed E-state index contributed by atoms with van der Waals surface area (Å²) in [6.07, 6.45) is 0. The molecule has 19 heavy (non-hydrogen) atoms. The van der Waals surface area contributed by atoms with Crippen LogP contribution in [0.4, 0.5) is 0 Å². The number of carboxylic acid groups (broad SMARTS) is 1. The Morgan fingerprint density at radius 2 is 2.11 bits per heavy atom. The number of benzene rings is 1. The van der Waals surface area contributed by atoms with Gasteiger partial charge in [-0.05, 0) is 17.5 Å². The quantitative estimate of drug-likeness (QED) is 0.614. The van der Waals surface area contributed by atoms with Crippen molar-refractivity contribution >= 4 is 24.3 Å². The molecule has 0 aromatic heterocycles. The molecule has 0 heterocycles. The first-order valence-electron chi connectivity index (χ1n) is 5.44. The van der Waals surface area contributed by atoms with E-state index in [-0.39, 0.29) is 17.2 Å². The zero-order valence-corrected chi connectivity index (χ0v) is 12.5. The van der Waals surface area contributed by atoms with Crippen LogP contribution >= 0.6 is 18.4 Å². The number of hydrogen-bond acceptors (Lipinski definition) is 6. The van der Waals surface area contributed by atoms with E-state index in [1.54, 1.807) is 12.1 Å². The van der Waals surface area contributed by atoms with Gasteiger partial charge in [-0.3, -0.25) is 9.66 Å². The van der Waals surface area contributed by atoms with E-state index in [9.17, 15) is 9.36 Å². The van der Waals surface area contributed by atoms with E-state index in [2.05, 4.69) is 0 Å². The van der Waals surface area contributed by atoms with E-state index >= 15 is 0 Å². The molecule has 1 unspecified atom stereocenters. The molecule has 0 radical (unpaired) electrons. The molecule has 0 amide bonds. The average Bonchev–Trinajstić information content (AvgIpc) is 2.38. The molecule has 0 aliphatic carbocycles. The monoisotopic (exact) mass is 305 g/mol. The molecule has 6 nitrogen and oxygen atoms in total. The van der Waals surface area contributed by atoms with Crippen LogP contribution in [0.25, 0.3) is 0 Å². The van der Waals surface area contributed by atoms with Gasteiger partial charge in [-0.1, -0.05) is 26.0 Å². The first kappa shape index (κ1) is 16.0. The van der Waals surface area contributed by atoms with Crippen molar-refractivity contribution in [3.8, 4) is 5.75 Å². The first-order valence-corrected chi connectivity index (χ1v) is 8.47. The van der Waals surface area contributed by atoms with Crippen molar-refractivity contribution in [1.29, 1.82) is 0 Å². The summed E-state index contributed by atoms with van der Waals surface area (Å²) in [5, 5.41) is 14.4. The summed E-state index contributed by atoms with van der Waals surface area (Å²) in [6, 6.07) is 4.71. The lowest BCUT2D eigenvalue weighted by molar-refractivity contribution is 0.0694. The lowest BCUT2D eigenvalue weighted by atomic mass is 9.99. The summed E-state index contributed by atoms with van der Waals surface area (Å²) >= 11 is 0.426. The van der Waals surface area contributed by atoms with Crippen LogP contribution in [-0.4, -0.2) is 18.2 Å². The molecule has 3 N–H and O–H groups in total. The summed E-state index contributed by atoms with van der Waals surface area (Å²) in [6.45, 7) is 0.147. The molecule has 0 saturated heterocycles. The van der Waals surface area contributed by atoms with Crippen LogP contribution in [0.5, 0.6) is 5.75 Å². The van der Waals surface area contributed by atoms with Gasteiger partial charge in [-0.2, -0.15) is 0 Å². The summed E-state index contributed by atoms with van der Waals surface area (Å²) in [4.78, 5) is 11.2. The largest absolute Gasteiger partial charge is 0.478 e. The van der Waals surface area contributed by atoms with Crippen molar-refractivity contribution in [3.63, 3.8) is 0 Å². The van der Waals surface area contributed by atoms with E-state index in [4.69, 9.17) is 19.3 Å². The van der Waals surface area contributed by atoms with Gasteiger partial charge in [-0.25, -0.2) is 9.36 Å². The van der Waals surface area contributed by atoms with Gasteiger partial charge < -0.3 is 9.63 Å². The lowest BCUT2D eigenvalue weighted by Gasteiger charge is -2.19. The minimum absolute atomic E-state index is 0.00220. The molecule has 0 fully saturated rings. The maximum absolute atomic E-state index is 12.1. The van der Waals surface area contributed by atoms with Crippen molar-refractivity contribution < 1.29 is 23.5 Å². The van der Waals surface area contributed by atoms with E-state index in [0.717, 1.165) is 0 Å². The Kier molecular flexibility index (Phi) is 5.43. The maximum atomic E-state index is 12.1. The van der Waals surface area contributed by atoms with Crippen LogP contribution in [0.1, 0.15) is 35.7 Å². The fraction of sp³-hybridized carbons (Fsp3) is 0.364. The topological polar surface area (TPSA) is 98.8 Å². The summed E-state index contributed by atoms with van der Waals surface area (Å²) in [7, 11) is 1.19. The second-order valence-electron chi connectivity index (χ2n) is 4.01. The average molecular weight is 305 g/mol. The number of para-hydroxylation sites is 1. The van der Waals surface area contributed by atoms with Crippen molar-refractivity contribution in [2.75, 3.05) is 7.11 Å². The Morgan fingerprint density at radius 3 is 2.53 bits per heavy atom. The van der Waals surface area contributed by atoms with Gasteiger partial charge in [0.05, 0.1) is 11.6 Å². The summed E-state index contributed by atoms with van der Waals surface area (Å²) < 4.78 is 22.1. The van der Waals surface area contributed by atoms with Crippen LogP contribution < -0.4 is 9.66 Å². The normalized spacial score (nSPS) is 14.2. The Bertz CT molecular complexity index is 512. The Balaban J connectivity index is 3.37. The van der Waals surface area contributed by atoms with Crippen molar-refractivity contribution in [1.82, 2.24) is 0 Å². The molecule has 1 atom stereocenters. The third-order valence-electron chi connectivity index (χ3n) is 2.45. The molecule has 1 aromatic carbocycles. The third kappa shape index (κ3) is 3.73. The fourth-order valence-corrected chi connectivity index (χ4v) is 2.74. The highest BCUT2D eigenvalue weighted by molar-refractivity contribution is 8.54. The van der Waals surface area contributed by atoms with E-state index in [0.29, 0.717) is 17.1 Å². The predicted molar refractivity (Wildman–Crippen MR) is 74.5 cm³/mol. The van der Waals surface area contributed by atoms with E-state index in [1.807, 2.05) is 13.8 Å².